The summed E-state index contributed by atoms with van der Waals surface area (Å²) in [6.45, 7) is 6.25. The van der Waals surface area contributed by atoms with Crippen LogP contribution in [0, 0.1) is 0 Å². The number of nitrogens with one attached hydrogen (secondary N) is 1. The Labute approximate surface area is 190 Å². The lowest BCUT2D eigenvalue weighted by Crippen LogP contribution is -2.27. The summed E-state index contributed by atoms with van der Waals surface area (Å²) in [6.07, 6.45) is 0. The zero-order valence-electron chi connectivity index (χ0n) is 18.7. The fraction of sp³-hybridized carbons (Fsp3) is 0.250. The fourth-order valence-corrected chi connectivity index (χ4v) is 3.04. The monoisotopic (exact) mass is 451 g/mol. The van der Waals surface area contributed by atoms with Crippen molar-refractivity contribution in [1.82, 2.24) is 9.78 Å². The highest BCUT2D eigenvalue weighted by Gasteiger charge is 2.21. The standard InChI is InChI=1S/C24H25N3O6/c1-4-31-19-13-12-16(14-20(19)32-5-2)23(29)25-18-15-21(28)27(17-10-8-7-9-11-17)26-22(18)24(30)33-6-3/h7-15H,4-6H2,1-3H3,(H,25,29). The fourth-order valence-electron chi connectivity index (χ4n) is 3.04. The summed E-state index contributed by atoms with van der Waals surface area (Å²) >= 11 is 0. The molecule has 3 rings (SSSR count). The largest absolute Gasteiger partial charge is 0.490 e. The lowest BCUT2D eigenvalue weighted by atomic mass is 10.1. The Balaban J connectivity index is 1.99. The first-order valence-electron chi connectivity index (χ1n) is 10.6. The summed E-state index contributed by atoms with van der Waals surface area (Å²) in [5.74, 6) is -0.395. The van der Waals surface area contributed by atoms with Gasteiger partial charge in [0.2, 0.25) is 0 Å². The quantitative estimate of drug-likeness (QED) is 0.496. The van der Waals surface area contributed by atoms with E-state index < -0.39 is 17.4 Å². The Morgan fingerprint density at radius 3 is 2.27 bits per heavy atom. The first-order chi connectivity index (χ1) is 16.0. The molecule has 1 amide bonds. The van der Waals surface area contributed by atoms with Gasteiger partial charge in [0, 0.05) is 11.6 Å². The molecule has 0 aliphatic rings. The Hall–Kier alpha value is -4.14. The summed E-state index contributed by atoms with van der Waals surface area (Å²) in [5.41, 5.74) is -0.0407. The zero-order chi connectivity index (χ0) is 23.8. The summed E-state index contributed by atoms with van der Waals surface area (Å²) in [4.78, 5) is 38.2. The van der Waals surface area contributed by atoms with E-state index in [4.69, 9.17) is 14.2 Å². The maximum atomic E-state index is 12.9. The molecular formula is C24H25N3O6. The topological polar surface area (TPSA) is 109 Å². The number of carbonyl (C=O) groups is 2. The number of ether oxygens (including phenoxy) is 3. The number of anilines is 1. The van der Waals surface area contributed by atoms with Gasteiger partial charge in [-0.15, -0.1) is 0 Å². The van der Waals surface area contributed by atoms with E-state index in [1.807, 2.05) is 13.8 Å². The number of benzene rings is 2. The van der Waals surface area contributed by atoms with Gasteiger partial charge in [-0.2, -0.15) is 9.78 Å². The predicted octanol–water partition coefficient (Wildman–Crippen LogP) is 3.46. The molecule has 1 N–H and O–H groups in total. The highest BCUT2D eigenvalue weighted by Crippen LogP contribution is 2.29. The van der Waals surface area contributed by atoms with Crippen LogP contribution in [0.3, 0.4) is 0 Å². The second-order valence-electron chi connectivity index (χ2n) is 6.69. The van der Waals surface area contributed by atoms with Gasteiger partial charge in [0.25, 0.3) is 11.5 Å². The molecule has 3 aromatic rings. The summed E-state index contributed by atoms with van der Waals surface area (Å²) in [7, 11) is 0. The van der Waals surface area contributed by atoms with Gasteiger partial charge in [0.15, 0.2) is 17.2 Å². The number of rotatable bonds is 9. The molecule has 0 radical (unpaired) electrons. The average Bonchev–Trinajstić information content (AvgIpc) is 2.81. The second-order valence-corrected chi connectivity index (χ2v) is 6.69. The normalized spacial score (nSPS) is 10.4. The van der Waals surface area contributed by atoms with Gasteiger partial charge in [0.05, 0.1) is 31.2 Å². The van der Waals surface area contributed by atoms with Gasteiger partial charge in [-0.25, -0.2) is 4.79 Å². The van der Waals surface area contributed by atoms with Gasteiger partial charge in [0.1, 0.15) is 0 Å². The molecule has 2 aromatic carbocycles. The third kappa shape index (κ3) is 5.57. The highest BCUT2D eigenvalue weighted by atomic mass is 16.5. The van der Waals surface area contributed by atoms with E-state index in [1.165, 1.54) is 6.07 Å². The van der Waals surface area contributed by atoms with Crippen LogP contribution < -0.4 is 20.3 Å². The molecule has 0 fully saturated rings. The van der Waals surface area contributed by atoms with Gasteiger partial charge < -0.3 is 19.5 Å². The van der Waals surface area contributed by atoms with Crippen LogP contribution in [0.2, 0.25) is 0 Å². The lowest BCUT2D eigenvalue weighted by molar-refractivity contribution is 0.0518. The molecule has 0 aliphatic heterocycles. The van der Waals surface area contributed by atoms with Crippen molar-refractivity contribution in [2.45, 2.75) is 20.8 Å². The van der Waals surface area contributed by atoms with Crippen LogP contribution in [-0.2, 0) is 4.74 Å². The van der Waals surface area contributed by atoms with Crippen LogP contribution in [-0.4, -0.2) is 41.5 Å². The molecule has 9 nitrogen and oxygen atoms in total. The Morgan fingerprint density at radius 2 is 1.61 bits per heavy atom. The van der Waals surface area contributed by atoms with E-state index in [-0.39, 0.29) is 23.6 Å². The number of esters is 1. The lowest BCUT2D eigenvalue weighted by Gasteiger charge is -2.14. The van der Waals surface area contributed by atoms with Crippen molar-refractivity contribution in [2.24, 2.45) is 0 Å². The van der Waals surface area contributed by atoms with E-state index >= 15 is 0 Å². The molecule has 0 bridgehead atoms. The summed E-state index contributed by atoms with van der Waals surface area (Å²) in [6, 6.07) is 14.5. The van der Waals surface area contributed by atoms with Crippen molar-refractivity contribution < 1.29 is 23.8 Å². The van der Waals surface area contributed by atoms with Gasteiger partial charge in [-0.1, -0.05) is 18.2 Å². The first kappa shape index (κ1) is 23.5. The van der Waals surface area contributed by atoms with Gasteiger partial charge in [-0.05, 0) is 51.1 Å². The van der Waals surface area contributed by atoms with Crippen molar-refractivity contribution in [3.05, 3.63) is 76.2 Å². The summed E-state index contributed by atoms with van der Waals surface area (Å²) in [5, 5.41) is 6.76. The third-order valence-electron chi connectivity index (χ3n) is 4.46. The molecule has 172 valence electrons. The molecule has 33 heavy (non-hydrogen) atoms. The van der Waals surface area contributed by atoms with Crippen LogP contribution in [0.15, 0.2) is 59.4 Å². The average molecular weight is 451 g/mol. The Morgan fingerprint density at radius 1 is 0.909 bits per heavy atom. The maximum absolute atomic E-state index is 12.9. The number of hydrogen-bond acceptors (Lipinski definition) is 7. The molecule has 1 heterocycles. The number of carbonyl (C=O) groups excluding carboxylic acids is 2. The summed E-state index contributed by atoms with van der Waals surface area (Å²) < 4.78 is 17.2. The molecule has 0 spiro atoms. The van der Waals surface area contributed by atoms with Gasteiger partial charge in [-0.3, -0.25) is 9.59 Å². The number of para-hydroxylation sites is 1. The predicted molar refractivity (Wildman–Crippen MR) is 123 cm³/mol. The Bertz CT molecular complexity index is 1190. The molecule has 0 saturated carbocycles. The van der Waals surface area contributed by atoms with Crippen LogP contribution in [0.25, 0.3) is 5.69 Å². The van der Waals surface area contributed by atoms with Crippen molar-refractivity contribution in [2.75, 3.05) is 25.1 Å². The molecule has 9 heteroatoms. The molecule has 0 atom stereocenters. The highest BCUT2D eigenvalue weighted by molar-refractivity contribution is 6.07. The minimum absolute atomic E-state index is 0.0533. The second kappa shape index (κ2) is 10.9. The third-order valence-corrected chi connectivity index (χ3v) is 4.46. The minimum Gasteiger partial charge on any atom is -0.490 e. The van der Waals surface area contributed by atoms with Crippen molar-refractivity contribution in [1.29, 1.82) is 0 Å². The molecule has 1 aromatic heterocycles. The van der Waals surface area contributed by atoms with E-state index in [0.717, 1.165) is 10.7 Å². The van der Waals surface area contributed by atoms with Crippen LogP contribution >= 0.6 is 0 Å². The number of nitrogens with zero attached hydrogens (tertiary/aromatic N) is 2. The van der Waals surface area contributed by atoms with E-state index in [2.05, 4.69) is 10.4 Å². The van der Waals surface area contributed by atoms with E-state index in [1.54, 1.807) is 49.4 Å². The van der Waals surface area contributed by atoms with E-state index in [9.17, 15) is 14.4 Å². The maximum Gasteiger partial charge on any atom is 0.360 e. The number of amides is 1. The molecule has 0 aliphatic carbocycles. The van der Waals surface area contributed by atoms with Crippen molar-refractivity contribution in [3.8, 4) is 17.2 Å². The van der Waals surface area contributed by atoms with Gasteiger partial charge >= 0.3 is 5.97 Å². The van der Waals surface area contributed by atoms with E-state index in [0.29, 0.717) is 30.4 Å². The molecule has 0 unspecified atom stereocenters. The van der Waals surface area contributed by atoms with Crippen LogP contribution in [0.5, 0.6) is 11.5 Å². The Kier molecular flexibility index (Phi) is 7.80. The number of hydrogen-bond donors (Lipinski definition) is 1. The minimum atomic E-state index is -0.765. The molecule has 0 saturated heterocycles. The first-order valence-corrected chi connectivity index (χ1v) is 10.6. The zero-order valence-corrected chi connectivity index (χ0v) is 18.7. The van der Waals surface area contributed by atoms with Crippen LogP contribution in [0.4, 0.5) is 5.69 Å². The van der Waals surface area contributed by atoms with Crippen LogP contribution in [0.1, 0.15) is 41.6 Å². The SMILES string of the molecule is CCOC(=O)c1nn(-c2ccccc2)c(=O)cc1NC(=O)c1ccc(OCC)c(OCC)c1. The van der Waals surface area contributed by atoms with Crippen molar-refractivity contribution >= 4 is 17.6 Å². The smallest absolute Gasteiger partial charge is 0.360 e. The molecular weight excluding hydrogens is 426 g/mol. The van der Waals surface area contributed by atoms with Crippen molar-refractivity contribution in [3.63, 3.8) is 0 Å². The number of aromatic nitrogens is 2.